The summed E-state index contributed by atoms with van der Waals surface area (Å²) in [5, 5.41) is 17.3. The van der Waals surface area contributed by atoms with Gasteiger partial charge in [-0.2, -0.15) is 0 Å². The molecule has 1 aromatic carbocycles. The molecule has 2 aromatic rings. The van der Waals surface area contributed by atoms with Crippen LogP contribution in [0.5, 0.6) is 0 Å². The van der Waals surface area contributed by atoms with Crippen LogP contribution >= 0.6 is 0 Å². The SMILES string of the molecule is O=C(NCc1ccncc1)Nc1cccc(CNC(=O)C2(C(=O)O)CC2)c1. The average Bonchev–Trinajstić information content (AvgIpc) is 3.48. The molecule has 0 saturated heterocycles. The number of benzene rings is 1. The number of rotatable bonds is 7. The van der Waals surface area contributed by atoms with Crippen molar-refractivity contribution < 1.29 is 19.5 Å². The van der Waals surface area contributed by atoms with Crippen LogP contribution in [-0.4, -0.2) is 28.0 Å². The number of pyridine rings is 1. The van der Waals surface area contributed by atoms with E-state index in [4.69, 9.17) is 5.11 Å². The lowest BCUT2D eigenvalue weighted by atomic mass is 10.1. The summed E-state index contributed by atoms with van der Waals surface area (Å²) in [6.45, 7) is 0.573. The Kier molecular flexibility index (Phi) is 5.35. The Labute approximate surface area is 156 Å². The maximum atomic E-state index is 12.0. The predicted octanol–water partition coefficient (Wildman–Crippen LogP) is 1.88. The lowest BCUT2D eigenvalue weighted by Crippen LogP contribution is -2.36. The molecule has 0 unspecified atom stereocenters. The Balaban J connectivity index is 1.50. The van der Waals surface area contributed by atoms with Crippen LogP contribution in [0.15, 0.2) is 48.8 Å². The molecule has 4 N–H and O–H groups in total. The fourth-order valence-corrected chi connectivity index (χ4v) is 2.63. The monoisotopic (exact) mass is 368 g/mol. The second-order valence-corrected chi connectivity index (χ2v) is 6.43. The Morgan fingerprint density at radius 3 is 2.37 bits per heavy atom. The van der Waals surface area contributed by atoms with E-state index in [1.165, 1.54) is 0 Å². The molecule has 3 rings (SSSR count). The number of amides is 3. The molecule has 1 aliphatic rings. The van der Waals surface area contributed by atoms with E-state index < -0.39 is 17.3 Å². The van der Waals surface area contributed by atoms with Gasteiger partial charge in [0, 0.05) is 31.2 Å². The summed E-state index contributed by atoms with van der Waals surface area (Å²) in [7, 11) is 0. The van der Waals surface area contributed by atoms with E-state index in [1.807, 2.05) is 12.1 Å². The molecule has 140 valence electrons. The molecule has 1 saturated carbocycles. The first-order valence-corrected chi connectivity index (χ1v) is 8.54. The fourth-order valence-electron chi connectivity index (χ4n) is 2.63. The van der Waals surface area contributed by atoms with Gasteiger partial charge < -0.3 is 21.1 Å². The number of hydrogen-bond donors (Lipinski definition) is 4. The Hall–Kier alpha value is -3.42. The first-order valence-electron chi connectivity index (χ1n) is 8.54. The number of anilines is 1. The van der Waals surface area contributed by atoms with Crippen molar-refractivity contribution >= 4 is 23.6 Å². The molecule has 3 amide bonds. The number of carboxylic acid groups (broad SMARTS) is 1. The molecule has 1 heterocycles. The average molecular weight is 368 g/mol. The maximum absolute atomic E-state index is 12.0. The Bertz CT molecular complexity index is 850. The zero-order chi connectivity index (χ0) is 19.3. The first kappa shape index (κ1) is 18.4. The number of hydrogen-bond acceptors (Lipinski definition) is 4. The minimum absolute atomic E-state index is 0.196. The van der Waals surface area contributed by atoms with Crippen LogP contribution < -0.4 is 16.0 Å². The van der Waals surface area contributed by atoms with Crippen molar-refractivity contribution in [3.8, 4) is 0 Å². The molecule has 1 fully saturated rings. The quantitative estimate of drug-likeness (QED) is 0.556. The van der Waals surface area contributed by atoms with E-state index in [0.717, 1.165) is 11.1 Å². The summed E-state index contributed by atoms with van der Waals surface area (Å²) in [6.07, 6.45) is 4.05. The smallest absolute Gasteiger partial charge is 0.319 e. The van der Waals surface area contributed by atoms with Crippen molar-refractivity contribution in [2.75, 3.05) is 5.32 Å². The number of nitrogens with zero attached hydrogens (tertiary/aromatic N) is 1. The fraction of sp³-hybridized carbons (Fsp3) is 0.263. The molecule has 0 bridgehead atoms. The van der Waals surface area contributed by atoms with Gasteiger partial charge in [-0.05, 0) is 48.2 Å². The molecular formula is C19H20N4O4. The number of carbonyl (C=O) groups excluding carboxylic acids is 2. The second-order valence-electron chi connectivity index (χ2n) is 6.43. The molecule has 1 aromatic heterocycles. The summed E-state index contributed by atoms with van der Waals surface area (Å²) >= 11 is 0. The van der Waals surface area contributed by atoms with Gasteiger partial charge in [0.2, 0.25) is 5.91 Å². The zero-order valence-corrected chi connectivity index (χ0v) is 14.6. The van der Waals surface area contributed by atoms with Crippen LogP contribution in [0.25, 0.3) is 0 Å². The highest BCUT2D eigenvalue weighted by Crippen LogP contribution is 2.46. The molecule has 27 heavy (non-hydrogen) atoms. The molecule has 0 aliphatic heterocycles. The summed E-state index contributed by atoms with van der Waals surface area (Å²) in [5.74, 6) is -1.55. The van der Waals surface area contributed by atoms with Crippen LogP contribution in [0.1, 0.15) is 24.0 Å². The van der Waals surface area contributed by atoms with E-state index in [1.54, 1.807) is 36.7 Å². The Morgan fingerprint density at radius 1 is 1.00 bits per heavy atom. The minimum atomic E-state index is -1.26. The summed E-state index contributed by atoms with van der Waals surface area (Å²) in [6, 6.07) is 10.3. The third kappa shape index (κ3) is 4.60. The summed E-state index contributed by atoms with van der Waals surface area (Å²) in [5.41, 5.74) is 1.01. The summed E-state index contributed by atoms with van der Waals surface area (Å²) < 4.78 is 0. The predicted molar refractivity (Wildman–Crippen MR) is 97.7 cm³/mol. The molecule has 0 atom stereocenters. The maximum Gasteiger partial charge on any atom is 0.319 e. The summed E-state index contributed by atoms with van der Waals surface area (Å²) in [4.78, 5) is 39.1. The van der Waals surface area contributed by atoms with Crippen molar-refractivity contribution in [3.05, 3.63) is 59.9 Å². The number of urea groups is 1. The normalized spacial score (nSPS) is 14.1. The van der Waals surface area contributed by atoms with Gasteiger partial charge >= 0.3 is 12.0 Å². The van der Waals surface area contributed by atoms with Crippen molar-refractivity contribution in [2.45, 2.75) is 25.9 Å². The van der Waals surface area contributed by atoms with Crippen molar-refractivity contribution in [1.29, 1.82) is 0 Å². The van der Waals surface area contributed by atoms with E-state index in [-0.39, 0.29) is 12.6 Å². The first-order chi connectivity index (χ1) is 13.0. The second kappa shape index (κ2) is 7.86. The van der Waals surface area contributed by atoms with Crippen LogP contribution in [0.2, 0.25) is 0 Å². The number of aromatic nitrogens is 1. The minimum Gasteiger partial charge on any atom is -0.480 e. The van der Waals surface area contributed by atoms with E-state index in [9.17, 15) is 14.4 Å². The van der Waals surface area contributed by atoms with Crippen molar-refractivity contribution in [1.82, 2.24) is 15.6 Å². The molecule has 8 nitrogen and oxygen atoms in total. The molecule has 1 aliphatic carbocycles. The third-order valence-corrected chi connectivity index (χ3v) is 4.43. The highest BCUT2D eigenvalue weighted by Gasteiger charge is 2.56. The van der Waals surface area contributed by atoms with Crippen LogP contribution in [-0.2, 0) is 22.7 Å². The van der Waals surface area contributed by atoms with Gasteiger partial charge in [0.15, 0.2) is 0 Å². The lowest BCUT2D eigenvalue weighted by Gasteiger charge is -2.12. The molecule has 8 heteroatoms. The van der Waals surface area contributed by atoms with E-state index in [2.05, 4.69) is 20.9 Å². The lowest BCUT2D eigenvalue weighted by molar-refractivity contribution is -0.149. The van der Waals surface area contributed by atoms with Crippen LogP contribution in [0.3, 0.4) is 0 Å². The van der Waals surface area contributed by atoms with Gasteiger partial charge in [0.1, 0.15) is 5.41 Å². The number of nitrogens with one attached hydrogen (secondary N) is 3. The standard InChI is InChI=1S/C19H20N4O4/c24-16(19(6-7-19)17(25)26)21-12-14-2-1-3-15(10-14)23-18(27)22-11-13-4-8-20-9-5-13/h1-5,8-10H,6-7,11-12H2,(H,21,24)(H,25,26)(H2,22,23,27). The van der Waals surface area contributed by atoms with Gasteiger partial charge in [0.05, 0.1) is 0 Å². The van der Waals surface area contributed by atoms with Crippen molar-refractivity contribution in [3.63, 3.8) is 0 Å². The highest BCUT2D eigenvalue weighted by molar-refractivity contribution is 6.04. The van der Waals surface area contributed by atoms with Crippen LogP contribution in [0.4, 0.5) is 10.5 Å². The number of aliphatic carboxylic acids is 1. The largest absolute Gasteiger partial charge is 0.480 e. The van der Waals surface area contributed by atoms with Gasteiger partial charge in [-0.3, -0.25) is 14.6 Å². The van der Waals surface area contributed by atoms with Gasteiger partial charge in [-0.1, -0.05) is 12.1 Å². The van der Waals surface area contributed by atoms with E-state index in [0.29, 0.717) is 25.1 Å². The number of carboxylic acids is 1. The van der Waals surface area contributed by atoms with Gasteiger partial charge in [-0.15, -0.1) is 0 Å². The van der Waals surface area contributed by atoms with Gasteiger partial charge in [0.25, 0.3) is 0 Å². The number of carbonyl (C=O) groups is 3. The Morgan fingerprint density at radius 2 is 1.70 bits per heavy atom. The topological polar surface area (TPSA) is 120 Å². The molecule has 0 spiro atoms. The third-order valence-electron chi connectivity index (χ3n) is 4.43. The molecular weight excluding hydrogens is 348 g/mol. The van der Waals surface area contributed by atoms with E-state index >= 15 is 0 Å². The highest BCUT2D eigenvalue weighted by atomic mass is 16.4. The van der Waals surface area contributed by atoms with Gasteiger partial charge in [-0.25, -0.2) is 4.79 Å². The zero-order valence-electron chi connectivity index (χ0n) is 14.6. The van der Waals surface area contributed by atoms with Crippen molar-refractivity contribution in [2.24, 2.45) is 5.41 Å². The van der Waals surface area contributed by atoms with Crippen LogP contribution in [0, 0.1) is 5.41 Å². The molecule has 0 radical (unpaired) electrons.